The van der Waals surface area contributed by atoms with E-state index >= 15 is 0 Å². The van der Waals surface area contributed by atoms with Gasteiger partial charge in [0.1, 0.15) is 5.75 Å². The molecule has 1 fully saturated rings. The third-order valence-corrected chi connectivity index (χ3v) is 3.66. The zero-order chi connectivity index (χ0) is 13.7. The number of benzene rings is 1. The highest BCUT2D eigenvalue weighted by Crippen LogP contribution is 2.35. The monoisotopic (exact) mass is 264 g/mol. The molecule has 0 aliphatic carbocycles. The minimum Gasteiger partial charge on any atom is -0.494 e. The molecule has 1 aromatic carbocycles. The fourth-order valence-corrected chi connectivity index (χ4v) is 2.53. The van der Waals surface area contributed by atoms with Crippen molar-refractivity contribution in [1.29, 1.82) is 0 Å². The summed E-state index contributed by atoms with van der Waals surface area (Å²) in [4.78, 5) is 11.6. The van der Waals surface area contributed by atoms with Gasteiger partial charge in [0.05, 0.1) is 12.0 Å². The molecule has 0 saturated carbocycles. The summed E-state index contributed by atoms with van der Waals surface area (Å²) in [5, 5.41) is 9.54. The SMILES string of the molecule is CCOc1cccc(CC2(C(=O)O)CCOCC2)c1. The molecular formula is C15H20O4. The lowest BCUT2D eigenvalue weighted by atomic mass is 9.75. The van der Waals surface area contributed by atoms with E-state index in [0.717, 1.165) is 11.3 Å². The number of carbonyl (C=O) groups is 1. The Hall–Kier alpha value is -1.55. The van der Waals surface area contributed by atoms with Crippen molar-refractivity contribution in [3.05, 3.63) is 29.8 Å². The number of aliphatic carboxylic acids is 1. The van der Waals surface area contributed by atoms with E-state index in [2.05, 4.69) is 0 Å². The molecule has 1 saturated heterocycles. The van der Waals surface area contributed by atoms with Crippen LogP contribution in [-0.2, 0) is 16.0 Å². The molecule has 4 heteroatoms. The zero-order valence-electron chi connectivity index (χ0n) is 11.2. The van der Waals surface area contributed by atoms with E-state index in [-0.39, 0.29) is 0 Å². The lowest BCUT2D eigenvalue weighted by molar-refractivity contribution is -0.154. The van der Waals surface area contributed by atoms with Gasteiger partial charge in [-0.1, -0.05) is 12.1 Å². The van der Waals surface area contributed by atoms with Crippen molar-refractivity contribution in [2.75, 3.05) is 19.8 Å². The predicted molar refractivity (Wildman–Crippen MR) is 71.4 cm³/mol. The summed E-state index contributed by atoms with van der Waals surface area (Å²) in [5.41, 5.74) is 0.318. The van der Waals surface area contributed by atoms with Gasteiger partial charge in [-0.3, -0.25) is 4.79 Å². The molecule has 0 aromatic heterocycles. The van der Waals surface area contributed by atoms with Crippen LogP contribution in [0.2, 0.25) is 0 Å². The van der Waals surface area contributed by atoms with Gasteiger partial charge in [0.15, 0.2) is 0 Å². The topological polar surface area (TPSA) is 55.8 Å². The molecule has 1 aliphatic rings. The van der Waals surface area contributed by atoms with E-state index in [0.29, 0.717) is 39.1 Å². The minimum absolute atomic E-state index is 0.525. The molecule has 0 bridgehead atoms. The van der Waals surface area contributed by atoms with Crippen molar-refractivity contribution in [3.8, 4) is 5.75 Å². The van der Waals surface area contributed by atoms with Crippen LogP contribution in [0, 0.1) is 5.41 Å². The molecule has 1 aromatic rings. The molecule has 0 amide bonds. The van der Waals surface area contributed by atoms with Gasteiger partial charge in [0.2, 0.25) is 0 Å². The Labute approximate surface area is 113 Å². The van der Waals surface area contributed by atoms with Crippen LogP contribution < -0.4 is 4.74 Å². The maximum atomic E-state index is 11.6. The minimum atomic E-state index is -0.724. The molecule has 0 radical (unpaired) electrons. The first kappa shape index (κ1) is 13.9. The van der Waals surface area contributed by atoms with Gasteiger partial charge in [-0.2, -0.15) is 0 Å². The first-order valence-electron chi connectivity index (χ1n) is 6.69. The normalized spacial score (nSPS) is 17.9. The molecule has 1 heterocycles. The standard InChI is InChI=1S/C15H20O4/c1-2-19-13-5-3-4-12(10-13)11-15(14(16)17)6-8-18-9-7-15/h3-5,10H,2,6-9,11H2,1H3,(H,16,17). The molecular weight excluding hydrogens is 244 g/mol. The number of ether oxygens (including phenoxy) is 2. The van der Waals surface area contributed by atoms with Gasteiger partial charge in [-0.25, -0.2) is 0 Å². The Morgan fingerprint density at radius 3 is 2.79 bits per heavy atom. The van der Waals surface area contributed by atoms with Gasteiger partial charge in [0, 0.05) is 13.2 Å². The van der Waals surface area contributed by atoms with E-state index in [1.165, 1.54) is 0 Å². The van der Waals surface area contributed by atoms with Crippen molar-refractivity contribution in [2.24, 2.45) is 5.41 Å². The van der Waals surface area contributed by atoms with Crippen molar-refractivity contribution in [1.82, 2.24) is 0 Å². The fraction of sp³-hybridized carbons (Fsp3) is 0.533. The summed E-state index contributed by atoms with van der Waals surface area (Å²) in [5.74, 6) is 0.0743. The van der Waals surface area contributed by atoms with Crippen molar-refractivity contribution < 1.29 is 19.4 Å². The Morgan fingerprint density at radius 1 is 1.42 bits per heavy atom. The van der Waals surface area contributed by atoms with Crippen LogP contribution in [-0.4, -0.2) is 30.9 Å². The number of rotatable bonds is 5. The maximum Gasteiger partial charge on any atom is 0.310 e. The van der Waals surface area contributed by atoms with E-state index in [9.17, 15) is 9.90 Å². The van der Waals surface area contributed by atoms with Crippen LogP contribution in [0.15, 0.2) is 24.3 Å². The molecule has 0 atom stereocenters. The molecule has 4 nitrogen and oxygen atoms in total. The smallest absolute Gasteiger partial charge is 0.310 e. The second kappa shape index (κ2) is 6.06. The first-order valence-corrected chi connectivity index (χ1v) is 6.69. The van der Waals surface area contributed by atoms with E-state index in [4.69, 9.17) is 9.47 Å². The van der Waals surface area contributed by atoms with Crippen molar-refractivity contribution in [2.45, 2.75) is 26.2 Å². The summed E-state index contributed by atoms with van der Waals surface area (Å²) >= 11 is 0. The summed E-state index contributed by atoms with van der Waals surface area (Å²) < 4.78 is 10.7. The number of hydrogen-bond donors (Lipinski definition) is 1. The first-order chi connectivity index (χ1) is 9.16. The molecule has 104 valence electrons. The van der Waals surface area contributed by atoms with Crippen molar-refractivity contribution >= 4 is 5.97 Å². The second-order valence-electron chi connectivity index (χ2n) is 4.96. The zero-order valence-corrected chi connectivity index (χ0v) is 11.2. The van der Waals surface area contributed by atoms with Crippen LogP contribution in [0.4, 0.5) is 0 Å². The van der Waals surface area contributed by atoms with Crippen molar-refractivity contribution in [3.63, 3.8) is 0 Å². The molecule has 1 aliphatic heterocycles. The Balaban J connectivity index is 2.17. The van der Waals surface area contributed by atoms with E-state index < -0.39 is 11.4 Å². The number of carboxylic acids is 1. The molecule has 19 heavy (non-hydrogen) atoms. The van der Waals surface area contributed by atoms with Gasteiger partial charge in [0.25, 0.3) is 0 Å². The van der Waals surface area contributed by atoms with E-state index in [1.54, 1.807) is 0 Å². The largest absolute Gasteiger partial charge is 0.494 e. The highest BCUT2D eigenvalue weighted by Gasteiger charge is 2.40. The summed E-state index contributed by atoms with van der Waals surface area (Å²) in [6.45, 7) is 3.60. The van der Waals surface area contributed by atoms with Gasteiger partial charge >= 0.3 is 5.97 Å². The maximum absolute atomic E-state index is 11.6. The van der Waals surface area contributed by atoms with Crippen LogP contribution in [0.5, 0.6) is 5.75 Å². The van der Waals surface area contributed by atoms with Gasteiger partial charge < -0.3 is 14.6 Å². The lowest BCUT2D eigenvalue weighted by Crippen LogP contribution is -2.39. The highest BCUT2D eigenvalue weighted by atomic mass is 16.5. The van der Waals surface area contributed by atoms with Crippen LogP contribution in [0.1, 0.15) is 25.3 Å². The predicted octanol–water partition coefficient (Wildman–Crippen LogP) is 2.51. The number of hydrogen-bond acceptors (Lipinski definition) is 3. The van der Waals surface area contributed by atoms with Crippen LogP contribution in [0.25, 0.3) is 0 Å². The third-order valence-electron chi connectivity index (χ3n) is 3.66. The lowest BCUT2D eigenvalue weighted by Gasteiger charge is -2.33. The van der Waals surface area contributed by atoms with Crippen LogP contribution >= 0.6 is 0 Å². The molecule has 1 N–H and O–H groups in total. The van der Waals surface area contributed by atoms with Crippen LogP contribution in [0.3, 0.4) is 0 Å². The summed E-state index contributed by atoms with van der Waals surface area (Å²) in [7, 11) is 0. The fourth-order valence-electron chi connectivity index (χ4n) is 2.53. The summed E-state index contributed by atoms with van der Waals surface area (Å²) in [6, 6.07) is 7.70. The van der Waals surface area contributed by atoms with Gasteiger partial charge in [-0.05, 0) is 43.9 Å². The molecule has 0 spiro atoms. The molecule has 0 unspecified atom stereocenters. The average Bonchev–Trinajstić information content (AvgIpc) is 2.40. The second-order valence-corrected chi connectivity index (χ2v) is 4.96. The van der Waals surface area contributed by atoms with Gasteiger partial charge in [-0.15, -0.1) is 0 Å². The Morgan fingerprint density at radius 2 is 2.16 bits per heavy atom. The third kappa shape index (κ3) is 3.26. The highest BCUT2D eigenvalue weighted by molar-refractivity contribution is 5.75. The quantitative estimate of drug-likeness (QED) is 0.887. The Bertz CT molecular complexity index is 436. The Kier molecular flexibility index (Phi) is 4.43. The average molecular weight is 264 g/mol. The molecule has 2 rings (SSSR count). The van der Waals surface area contributed by atoms with E-state index in [1.807, 2.05) is 31.2 Å². The number of carboxylic acid groups (broad SMARTS) is 1. The summed E-state index contributed by atoms with van der Waals surface area (Å²) in [6.07, 6.45) is 1.68.